The van der Waals surface area contributed by atoms with Gasteiger partial charge in [-0.3, -0.25) is 0 Å². The Morgan fingerprint density at radius 1 is 1.13 bits per heavy atom. The Morgan fingerprint density at radius 2 is 1.80 bits per heavy atom. The van der Waals surface area contributed by atoms with Crippen LogP contribution in [0.3, 0.4) is 0 Å². The van der Waals surface area contributed by atoms with Crippen LogP contribution in [0.5, 0.6) is 11.5 Å². The molecule has 82 valence electrons. The molecule has 2 nitrogen and oxygen atoms in total. The maximum Gasteiger partial charge on any atom is 0.126 e. The third-order valence-electron chi connectivity index (χ3n) is 3.46. The van der Waals surface area contributed by atoms with Gasteiger partial charge in [0.2, 0.25) is 0 Å². The number of phenols is 1. The molecule has 2 heteroatoms. The highest BCUT2D eigenvalue weighted by Crippen LogP contribution is 2.40. The van der Waals surface area contributed by atoms with E-state index < -0.39 is 0 Å². The Bertz CT molecular complexity index is 408. The Balaban J connectivity index is 2.65. The van der Waals surface area contributed by atoms with Gasteiger partial charge in [0.05, 0.1) is 6.10 Å². The molecule has 0 fully saturated rings. The normalized spacial score (nSPS) is 19.6. The predicted molar refractivity (Wildman–Crippen MR) is 60.7 cm³/mol. The molecule has 0 aromatic heterocycles. The van der Waals surface area contributed by atoms with Gasteiger partial charge in [0.25, 0.3) is 0 Å². The van der Waals surface area contributed by atoms with Gasteiger partial charge in [-0.15, -0.1) is 0 Å². The second kappa shape index (κ2) is 3.44. The van der Waals surface area contributed by atoms with Crippen LogP contribution in [0.15, 0.2) is 0 Å². The summed E-state index contributed by atoms with van der Waals surface area (Å²) in [6, 6.07) is 0. The van der Waals surface area contributed by atoms with Crippen molar-refractivity contribution < 1.29 is 9.84 Å². The number of rotatable bonds is 0. The second-order valence-electron chi connectivity index (χ2n) is 4.50. The Kier molecular flexibility index (Phi) is 2.37. The minimum absolute atomic E-state index is 0.291. The number of benzene rings is 1. The SMILES string of the molecule is Cc1c(C)c2c(c(C)c1O)CC[C@@H](C)O2. The smallest absolute Gasteiger partial charge is 0.126 e. The van der Waals surface area contributed by atoms with Crippen LogP contribution >= 0.6 is 0 Å². The maximum absolute atomic E-state index is 9.95. The molecular weight excluding hydrogens is 188 g/mol. The summed E-state index contributed by atoms with van der Waals surface area (Å²) in [7, 11) is 0. The van der Waals surface area contributed by atoms with Crippen molar-refractivity contribution in [3.63, 3.8) is 0 Å². The van der Waals surface area contributed by atoms with Crippen molar-refractivity contribution in [3.8, 4) is 11.5 Å². The first-order chi connectivity index (χ1) is 7.02. The van der Waals surface area contributed by atoms with E-state index in [0.717, 1.165) is 35.3 Å². The van der Waals surface area contributed by atoms with Gasteiger partial charge in [-0.2, -0.15) is 0 Å². The van der Waals surface area contributed by atoms with Crippen molar-refractivity contribution in [2.24, 2.45) is 0 Å². The summed E-state index contributed by atoms with van der Waals surface area (Å²) in [5.41, 5.74) is 4.20. The molecular formula is C13H18O2. The van der Waals surface area contributed by atoms with Crippen molar-refractivity contribution in [1.29, 1.82) is 0 Å². The van der Waals surface area contributed by atoms with Crippen LogP contribution in [0.25, 0.3) is 0 Å². The van der Waals surface area contributed by atoms with E-state index in [1.807, 2.05) is 20.8 Å². The first kappa shape index (κ1) is 10.3. The van der Waals surface area contributed by atoms with Crippen molar-refractivity contribution in [1.82, 2.24) is 0 Å². The number of phenolic OH excluding ortho intramolecular Hbond substituents is 1. The summed E-state index contributed by atoms with van der Waals surface area (Å²) in [5.74, 6) is 1.44. The maximum atomic E-state index is 9.95. The Hall–Kier alpha value is -1.18. The molecule has 1 aromatic carbocycles. The summed E-state index contributed by atoms with van der Waals surface area (Å²) in [5, 5.41) is 9.95. The van der Waals surface area contributed by atoms with Crippen LogP contribution in [0.2, 0.25) is 0 Å². The van der Waals surface area contributed by atoms with Crippen molar-refractivity contribution in [2.45, 2.75) is 46.6 Å². The molecule has 1 aliphatic rings. The lowest BCUT2D eigenvalue weighted by molar-refractivity contribution is 0.190. The zero-order valence-electron chi connectivity index (χ0n) is 9.85. The van der Waals surface area contributed by atoms with Crippen LogP contribution in [0, 0.1) is 20.8 Å². The molecule has 2 rings (SSSR count). The monoisotopic (exact) mass is 206 g/mol. The van der Waals surface area contributed by atoms with Crippen LogP contribution in [0.1, 0.15) is 35.6 Å². The number of hydrogen-bond acceptors (Lipinski definition) is 2. The molecule has 1 aliphatic heterocycles. The summed E-state index contributed by atoms with van der Waals surface area (Å²) in [4.78, 5) is 0. The number of aromatic hydroxyl groups is 1. The van der Waals surface area contributed by atoms with E-state index in [2.05, 4.69) is 6.92 Å². The minimum atomic E-state index is 0.291. The van der Waals surface area contributed by atoms with E-state index in [-0.39, 0.29) is 0 Å². The van der Waals surface area contributed by atoms with Gasteiger partial charge in [-0.25, -0.2) is 0 Å². The number of ether oxygens (including phenoxy) is 1. The van der Waals surface area contributed by atoms with Crippen LogP contribution in [0.4, 0.5) is 0 Å². The zero-order chi connectivity index (χ0) is 11.2. The summed E-state index contributed by atoms with van der Waals surface area (Å²) in [6.07, 6.45) is 2.34. The lowest BCUT2D eigenvalue weighted by Crippen LogP contribution is -2.20. The average molecular weight is 206 g/mol. The van der Waals surface area contributed by atoms with E-state index in [9.17, 15) is 5.11 Å². The molecule has 0 unspecified atom stereocenters. The lowest BCUT2D eigenvalue weighted by atomic mass is 9.92. The molecule has 0 spiro atoms. The van der Waals surface area contributed by atoms with E-state index in [0.29, 0.717) is 11.9 Å². The molecule has 0 amide bonds. The van der Waals surface area contributed by atoms with Crippen molar-refractivity contribution in [3.05, 3.63) is 22.3 Å². The van der Waals surface area contributed by atoms with Gasteiger partial charge in [-0.05, 0) is 57.2 Å². The van der Waals surface area contributed by atoms with Crippen molar-refractivity contribution in [2.75, 3.05) is 0 Å². The van der Waals surface area contributed by atoms with Crippen LogP contribution in [-0.4, -0.2) is 11.2 Å². The zero-order valence-corrected chi connectivity index (χ0v) is 9.85. The summed E-state index contributed by atoms with van der Waals surface area (Å²) < 4.78 is 5.87. The molecule has 1 aromatic rings. The highest BCUT2D eigenvalue weighted by atomic mass is 16.5. The summed E-state index contributed by atoms with van der Waals surface area (Å²) >= 11 is 0. The number of fused-ring (bicyclic) bond motifs is 1. The largest absolute Gasteiger partial charge is 0.507 e. The quantitative estimate of drug-likeness (QED) is 0.707. The average Bonchev–Trinajstić information content (AvgIpc) is 2.23. The van der Waals surface area contributed by atoms with E-state index >= 15 is 0 Å². The molecule has 15 heavy (non-hydrogen) atoms. The molecule has 0 aliphatic carbocycles. The molecule has 1 heterocycles. The topological polar surface area (TPSA) is 29.5 Å². The molecule has 1 N–H and O–H groups in total. The van der Waals surface area contributed by atoms with Crippen LogP contribution in [-0.2, 0) is 6.42 Å². The van der Waals surface area contributed by atoms with Gasteiger partial charge >= 0.3 is 0 Å². The van der Waals surface area contributed by atoms with Gasteiger partial charge < -0.3 is 9.84 Å². The van der Waals surface area contributed by atoms with Gasteiger partial charge in [0.15, 0.2) is 0 Å². The third-order valence-corrected chi connectivity index (χ3v) is 3.46. The molecule has 0 bridgehead atoms. The fourth-order valence-electron chi connectivity index (χ4n) is 2.24. The lowest BCUT2D eigenvalue weighted by Gasteiger charge is -2.27. The van der Waals surface area contributed by atoms with E-state index in [1.54, 1.807) is 0 Å². The second-order valence-corrected chi connectivity index (χ2v) is 4.50. The molecule has 0 radical (unpaired) electrons. The minimum Gasteiger partial charge on any atom is -0.507 e. The highest BCUT2D eigenvalue weighted by Gasteiger charge is 2.23. The number of hydrogen-bond donors (Lipinski definition) is 1. The summed E-state index contributed by atoms with van der Waals surface area (Å²) in [6.45, 7) is 8.03. The molecule has 0 saturated heterocycles. The Labute approximate surface area is 90.9 Å². The fraction of sp³-hybridized carbons (Fsp3) is 0.538. The molecule has 1 atom stereocenters. The Morgan fingerprint density at radius 3 is 2.47 bits per heavy atom. The van der Waals surface area contributed by atoms with E-state index in [1.165, 1.54) is 5.56 Å². The van der Waals surface area contributed by atoms with Crippen LogP contribution < -0.4 is 4.74 Å². The molecule has 0 saturated carbocycles. The van der Waals surface area contributed by atoms with E-state index in [4.69, 9.17) is 4.74 Å². The van der Waals surface area contributed by atoms with Crippen molar-refractivity contribution >= 4 is 0 Å². The van der Waals surface area contributed by atoms with Gasteiger partial charge in [-0.1, -0.05) is 0 Å². The predicted octanol–water partition coefficient (Wildman–Crippen LogP) is 3.03. The first-order valence-electron chi connectivity index (χ1n) is 5.50. The standard InChI is InChI=1S/C13H18O2/c1-7-5-6-11-10(4)12(14)8(2)9(3)13(11)15-7/h7,14H,5-6H2,1-4H3/t7-/m1/s1. The first-order valence-corrected chi connectivity index (χ1v) is 5.50. The van der Waals surface area contributed by atoms with Gasteiger partial charge in [0.1, 0.15) is 11.5 Å². The third kappa shape index (κ3) is 1.48. The van der Waals surface area contributed by atoms with Gasteiger partial charge in [0, 0.05) is 5.56 Å². The highest BCUT2D eigenvalue weighted by molar-refractivity contribution is 5.58. The fourth-order valence-corrected chi connectivity index (χ4v) is 2.24.